The van der Waals surface area contributed by atoms with E-state index in [9.17, 15) is 4.79 Å². The molecule has 2 aromatic carbocycles. The topological polar surface area (TPSA) is 55.6 Å². The van der Waals surface area contributed by atoms with E-state index in [0.29, 0.717) is 6.42 Å². The molecule has 1 aliphatic rings. The molecule has 26 heavy (non-hydrogen) atoms. The number of anilines is 1. The largest absolute Gasteiger partial charge is 0.497 e. The summed E-state index contributed by atoms with van der Waals surface area (Å²) >= 11 is 0. The summed E-state index contributed by atoms with van der Waals surface area (Å²) in [7, 11) is 3.55. The Hall–Kier alpha value is -2.49. The molecule has 1 unspecified atom stereocenters. The van der Waals surface area contributed by atoms with Crippen molar-refractivity contribution in [2.75, 3.05) is 19.9 Å². The zero-order chi connectivity index (χ0) is 18.9. The number of carbonyl (C=O) groups excluding carboxylic acids is 1. The number of methoxy groups -OCH3 is 1. The first kappa shape index (κ1) is 18.3. The average Bonchev–Trinajstić information content (AvgIpc) is 2.60. The van der Waals surface area contributed by atoms with Gasteiger partial charge in [-0.2, -0.15) is 0 Å². The van der Waals surface area contributed by atoms with E-state index in [1.807, 2.05) is 48.3 Å². The lowest BCUT2D eigenvalue weighted by molar-refractivity contribution is -0.134. The van der Waals surface area contributed by atoms with Gasteiger partial charge in [-0.15, -0.1) is 0 Å². The summed E-state index contributed by atoms with van der Waals surface area (Å²) in [5, 5.41) is 0. The van der Waals surface area contributed by atoms with E-state index in [2.05, 4.69) is 19.9 Å². The highest BCUT2D eigenvalue weighted by molar-refractivity contribution is 5.79. The Kier molecular flexibility index (Phi) is 4.94. The lowest BCUT2D eigenvalue weighted by Crippen LogP contribution is -2.43. The number of carbonyl (C=O) groups is 1. The molecule has 138 valence electrons. The molecular formula is C22H28N2O2. The molecule has 2 N–H and O–H groups in total. The highest BCUT2D eigenvalue weighted by Crippen LogP contribution is 2.47. The van der Waals surface area contributed by atoms with Crippen LogP contribution in [-0.2, 0) is 17.6 Å². The second-order valence-electron chi connectivity index (χ2n) is 7.88. The molecule has 0 fully saturated rings. The summed E-state index contributed by atoms with van der Waals surface area (Å²) in [6.45, 7) is 4.47. The van der Waals surface area contributed by atoms with Gasteiger partial charge in [0.25, 0.3) is 0 Å². The van der Waals surface area contributed by atoms with Crippen molar-refractivity contribution in [2.24, 2.45) is 5.41 Å². The predicted octanol–water partition coefficient (Wildman–Crippen LogP) is 3.99. The van der Waals surface area contributed by atoms with Crippen LogP contribution in [0.2, 0.25) is 0 Å². The Balaban J connectivity index is 1.88. The third-order valence-electron chi connectivity index (χ3n) is 5.51. The van der Waals surface area contributed by atoms with Crippen molar-refractivity contribution in [2.45, 2.75) is 39.2 Å². The minimum atomic E-state index is -0.000415. The Bertz CT molecular complexity index is 814. The van der Waals surface area contributed by atoms with Gasteiger partial charge in [-0.3, -0.25) is 4.79 Å². The van der Waals surface area contributed by atoms with Gasteiger partial charge in [0.1, 0.15) is 5.75 Å². The molecule has 0 spiro atoms. The number of fused-ring (bicyclic) bond motifs is 1. The fraction of sp³-hybridized carbons (Fsp3) is 0.409. The van der Waals surface area contributed by atoms with Crippen LogP contribution in [0.15, 0.2) is 42.5 Å². The number of hydrogen-bond donors (Lipinski definition) is 1. The van der Waals surface area contributed by atoms with Gasteiger partial charge >= 0.3 is 0 Å². The van der Waals surface area contributed by atoms with Crippen LogP contribution in [-0.4, -0.2) is 25.0 Å². The van der Waals surface area contributed by atoms with Crippen molar-refractivity contribution in [3.63, 3.8) is 0 Å². The highest BCUT2D eigenvalue weighted by atomic mass is 16.5. The average molecular weight is 352 g/mol. The third-order valence-corrected chi connectivity index (χ3v) is 5.51. The molecule has 0 aliphatic heterocycles. The highest BCUT2D eigenvalue weighted by Gasteiger charge is 2.40. The molecule has 4 heteroatoms. The number of likely N-dealkylation sites (N-methyl/N-ethyl adjacent to an activating group) is 1. The molecule has 4 nitrogen and oxygen atoms in total. The molecular weight excluding hydrogens is 324 g/mol. The van der Waals surface area contributed by atoms with Gasteiger partial charge in [0, 0.05) is 12.7 Å². The first-order chi connectivity index (χ1) is 12.3. The summed E-state index contributed by atoms with van der Waals surface area (Å²) in [6.07, 6.45) is 2.43. The van der Waals surface area contributed by atoms with Crippen LogP contribution in [0.25, 0.3) is 0 Å². The SMILES string of the molecule is COc1cccc(CC(=O)N(C)C2c3cc(N)ccc3CCC2(C)C)c1. The lowest BCUT2D eigenvalue weighted by atomic mass is 9.69. The zero-order valence-corrected chi connectivity index (χ0v) is 16.1. The molecule has 0 radical (unpaired) electrons. The minimum absolute atomic E-state index is 0.000415. The maximum Gasteiger partial charge on any atom is 0.227 e. The third kappa shape index (κ3) is 3.55. The van der Waals surface area contributed by atoms with Gasteiger partial charge < -0.3 is 15.4 Å². The number of nitrogens with two attached hydrogens (primary N) is 1. The van der Waals surface area contributed by atoms with Gasteiger partial charge in [-0.1, -0.05) is 32.0 Å². The second kappa shape index (κ2) is 7.02. The molecule has 0 saturated heterocycles. The first-order valence-corrected chi connectivity index (χ1v) is 9.09. The molecule has 0 bridgehead atoms. The van der Waals surface area contributed by atoms with Gasteiger partial charge in [0.2, 0.25) is 5.91 Å². The van der Waals surface area contributed by atoms with Gasteiger partial charge in [-0.25, -0.2) is 0 Å². The minimum Gasteiger partial charge on any atom is -0.497 e. The van der Waals surface area contributed by atoms with E-state index in [4.69, 9.17) is 10.5 Å². The first-order valence-electron chi connectivity index (χ1n) is 9.09. The van der Waals surface area contributed by atoms with Crippen LogP contribution in [0, 0.1) is 5.41 Å². The molecule has 1 amide bonds. The number of nitrogens with zero attached hydrogens (tertiary/aromatic N) is 1. The summed E-state index contributed by atoms with van der Waals surface area (Å²) in [5.74, 6) is 0.876. The molecule has 1 atom stereocenters. The number of benzene rings is 2. The van der Waals surface area contributed by atoms with Gasteiger partial charge in [0.15, 0.2) is 0 Å². The van der Waals surface area contributed by atoms with Crippen LogP contribution in [0.5, 0.6) is 5.75 Å². The summed E-state index contributed by atoms with van der Waals surface area (Å²) < 4.78 is 5.27. The number of nitrogen functional groups attached to an aromatic ring is 1. The Morgan fingerprint density at radius 3 is 2.77 bits per heavy atom. The van der Waals surface area contributed by atoms with Gasteiger partial charge in [0.05, 0.1) is 19.6 Å². The van der Waals surface area contributed by atoms with Crippen molar-refractivity contribution < 1.29 is 9.53 Å². The molecule has 2 aromatic rings. The second-order valence-corrected chi connectivity index (χ2v) is 7.88. The molecule has 3 rings (SSSR count). The number of amides is 1. The Morgan fingerprint density at radius 2 is 2.04 bits per heavy atom. The van der Waals surface area contributed by atoms with Gasteiger partial charge in [-0.05, 0) is 59.2 Å². The standard InChI is InChI=1S/C22H28N2O2/c1-22(2)11-10-16-8-9-17(23)14-19(16)21(22)24(3)20(25)13-15-6-5-7-18(12-15)26-4/h5-9,12,14,21H,10-11,13,23H2,1-4H3. The zero-order valence-electron chi connectivity index (χ0n) is 16.1. The normalized spacial score (nSPS) is 18.1. The van der Waals surface area contributed by atoms with Crippen molar-refractivity contribution in [3.8, 4) is 5.75 Å². The van der Waals surface area contributed by atoms with E-state index in [1.54, 1.807) is 7.11 Å². The lowest BCUT2D eigenvalue weighted by Gasteiger charge is -2.45. The molecule has 0 aromatic heterocycles. The van der Waals surface area contributed by atoms with E-state index in [-0.39, 0.29) is 17.4 Å². The van der Waals surface area contributed by atoms with Crippen LogP contribution in [0.1, 0.15) is 43.0 Å². The van der Waals surface area contributed by atoms with Crippen LogP contribution in [0.4, 0.5) is 5.69 Å². The number of rotatable bonds is 4. The van der Waals surface area contributed by atoms with Crippen LogP contribution >= 0.6 is 0 Å². The number of hydrogen-bond acceptors (Lipinski definition) is 3. The van der Waals surface area contributed by atoms with Crippen LogP contribution in [0.3, 0.4) is 0 Å². The van der Waals surface area contributed by atoms with E-state index < -0.39 is 0 Å². The monoisotopic (exact) mass is 352 g/mol. The van der Waals surface area contributed by atoms with E-state index in [1.165, 1.54) is 11.1 Å². The van der Waals surface area contributed by atoms with Crippen molar-refractivity contribution in [1.82, 2.24) is 4.90 Å². The van der Waals surface area contributed by atoms with Crippen LogP contribution < -0.4 is 10.5 Å². The fourth-order valence-corrected chi connectivity index (χ4v) is 4.07. The maximum absolute atomic E-state index is 13.0. The van der Waals surface area contributed by atoms with E-state index >= 15 is 0 Å². The summed E-state index contributed by atoms with van der Waals surface area (Å²) in [4.78, 5) is 14.9. The number of ether oxygens (including phenoxy) is 1. The molecule has 0 heterocycles. The number of aryl methyl sites for hydroxylation is 1. The molecule has 1 aliphatic carbocycles. The van der Waals surface area contributed by atoms with Crippen molar-refractivity contribution in [1.29, 1.82) is 0 Å². The smallest absolute Gasteiger partial charge is 0.227 e. The van der Waals surface area contributed by atoms with E-state index in [0.717, 1.165) is 29.8 Å². The fourth-order valence-electron chi connectivity index (χ4n) is 4.07. The van der Waals surface area contributed by atoms with Crippen molar-refractivity contribution >= 4 is 11.6 Å². The Labute approximate surface area is 156 Å². The molecule has 0 saturated carbocycles. The summed E-state index contributed by atoms with van der Waals surface area (Å²) in [5.41, 5.74) is 10.2. The quantitative estimate of drug-likeness (QED) is 0.847. The maximum atomic E-state index is 13.0. The predicted molar refractivity (Wildman–Crippen MR) is 105 cm³/mol. The van der Waals surface area contributed by atoms with Crippen molar-refractivity contribution in [3.05, 3.63) is 59.2 Å². The summed E-state index contributed by atoms with van der Waals surface area (Å²) in [6, 6.07) is 13.8. The Morgan fingerprint density at radius 1 is 1.27 bits per heavy atom.